The van der Waals surface area contributed by atoms with E-state index < -0.39 is 222 Å². The molecule has 0 saturated carbocycles. The zero-order valence-electron chi connectivity index (χ0n) is 50.9. The van der Waals surface area contributed by atoms with Gasteiger partial charge in [0.15, 0.2) is 37.7 Å². The van der Waals surface area contributed by atoms with E-state index in [1.807, 2.05) is 38.0 Å². The van der Waals surface area contributed by atoms with E-state index in [1.54, 1.807) is 48.5 Å². The molecule has 11 N–H and O–H groups in total. The number of hydrogen-bond acceptors (Lipinski definition) is 27. The van der Waals surface area contributed by atoms with Crippen molar-refractivity contribution < 1.29 is 123 Å². The van der Waals surface area contributed by atoms with Gasteiger partial charge in [0.2, 0.25) is 11.6 Å². The van der Waals surface area contributed by atoms with Gasteiger partial charge in [0.05, 0.1) is 95.0 Å². The Morgan fingerprint density at radius 1 is 0.460 bits per heavy atom. The van der Waals surface area contributed by atoms with Crippen LogP contribution in [0.4, 0.5) is 0 Å². The smallest absolute Gasteiger partial charge is 0.202 e. The maximum absolute atomic E-state index is 14.6. The number of phenols is 4. The fourth-order valence-electron chi connectivity index (χ4n) is 14.0. The molecule has 27 atom stereocenters. The van der Waals surface area contributed by atoms with E-state index in [9.17, 15) is 65.8 Å². The quantitative estimate of drug-likeness (QED) is 0.0956. The van der Waals surface area contributed by atoms with E-state index in [1.165, 1.54) is 0 Å². The summed E-state index contributed by atoms with van der Waals surface area (Å²) in [6.45, 7) is 11.8. The van der Waals surface area contributed by atoms with Crippen molar-refractivity contribution >= 4 is 11.6 Å². The second kappa shape index (κ2) is 26.0. The van der Waals surface area contributed by atoms with E-state index in [-0.39, 0.29) is 62.5 Å². The largest absolute Gasteiger partial charge is 0.507 e. The van der Waals surface area contributed by atoms with Crippen LogP contribution in [0.5, 0.6) is 23.0 Å². The third-order valence-corrected chi connectivity index (χ3v) is 18.9. The molecule has 2 aromatic carbocycles. The first-order valence-corrected chi connectivity index (χ1v) is 30.2. The number of aromatic hydroxyl groups is 4. The molecule has 0 bridgehead atoms. The van der Waals surface area contributed by atoms with Gasteiger partial charge in [0.1, 0.15) is 65.7 Å². The lowest BCUT2D eigenvalue weighted by Crippen LogP contribution is -2.59. The average molecular weight is 1240 g/mol. The number of phenolic OH excluding ortho intramolecular Hbond substituents is 4. The van der Waals surface area contributed by atoms with Crippen LogP contribution in [-0.4, -0.2) is 259 Å². The van der Waals surface area contributed by atoms with Crippen LogP contribution in [0, 0.1) is 0 Å². The Labute approximate surface area is 504 Å². The number of benzene rings is 2. The summed E-state index contributed by atoms with van der Waals surface area (Å²) in [6.07, 6.45) is -23.3. The van der Waals surface area contributed by atoms with E-state index >= 15 is 0 Å². The van der Waals surface area contributed by atoms with Gasteiger partial charge in [-0.25, -0.2) is 0 Å². The summed E-state index contributed by atoms with van der Waals surface area (Å²) in [5.74, 6) is -5.22. The minimum atomic E-state index is -1.99. The number of likely N-dealkylation sites (N-methyl/N-ethyl adjacent to an activating group) is 2. The third-order valence-electron chi connectivity index (χ3n) is 18.9. The van der Waals surface area contributed by atoms with Crippen molar-refractivity contribution in [2.45, 2.75) is 265 Å². The Bertz CT molecular complexity index is 2740. The number of fused-ring (bicyclic) bond motifs is 3. The lowest BCUT2D eigenvalue weighted by Gasteiger charge is -2.50. The van der Waals surface area contributed by atoms with Gasteiger partial charge in [-0.2, -0.15) is 0 Å². The fourth-order valence-corrected chi connectivity index (χ4v) is 14.0. The number of ketones is 2. The Balaban J connectivity index is 0.898. The highest BCUT2D eigenvalue weighted by atomic mass is 16.8. The molecule has 0 amide bonds. The number of nitrogens with zero attached hydrogens (tertiary/aromatic N) is 2. The molecule has 27 unspecified atom stereocenters. The van der Waals surface area contributed by atoms with Gasteiger partial charge in [-0.05, 0) is 88.3 Å². The first kappa shape index (κ1) is 66.1. The first-order valence-electron chi connectivity index (χ1n) is 30.2. The average Bonchev–Trinajstić information content (AvgIpc) is 0.714. The van der Waals surface area contributed by atoms with Crippen LogP contribution in [0.1, 0.15) is 155 Å². The van der Waals surface area contributed by atoms with Crippen LogP contribution < -0.4 is 0 Å². The minimum absolute atomic E-state index is 0.00965. The van der Waals surface area contributed by atoms with Gasteiger partial charge in [-0.1, -0.05) is 6.92 Å². The zero-order valence-corrected chi connectivity index (χ0v) is 50.9. The van der Waals surface area contributed by atoms with Gasteiger partial charge in [-0.15, -0.1) is 0 Å². The van der Waals surface area contributed by atoms with Crippen LogP contribution in [0.25, 0.3) is 0 Å². The SMILES string of the molecule is CCC1(O)CC(OC2CC(N(C)C)C(OC3CC(O)C(OC4CC(O)C(O)C(C)O4)C(C)O3)C(C)O2)c2c(O)c3c(c(O)c2C1OC1CC(N(C)C)C(OC2CC(O)C(OC4CC(O)C(O)C(C)O4)C(C)O2)C(C)O1)C(=O)c1c(O)ccc(O)c1C3=O. The Kier molecular flexibility index (Phi) is 19.8. The topological polar surface area (TPSA) is 374 Å². The molecule has 2 aliphatic carbocycles. The standard InChI is InChI=1S/C60H88N2O25/c1-12-60(75)21-36(82-37-15-28(61(8)9)55(24(4)78-37)83-41-19-34(67)57(26(6)80-41)85-39-17-32(65)49(69)22(2)76-39)45-48(54(74)47-46(53(45)73)51(71)43-30(63)13-14-31(64)44(43)52(47)72)59(60)87-38-16-29(62(10)11)56(25(5)79-38)84-42-20-35(68)58(27(7)81-42)86-40-18-33(66)50(70)23(3)77-40/h13-14,22-29,32-42,49-50,55-59,63-70,73-75H,12,15-21H2,1-11H3. The van der Waals surface area contributed by atoms with Gasteiger partial charge >= 0.3 is 0 Å². The van der Waals surface area contributed by atoms with E-state index in [2.05, 4.69) is 0 Å². The second-order valence-corrected chi connectivity index (χ2v) is 25.3. The second-order valence-electron chi connectivity index (χ2n) is 25.3. The van der Waals surface area contributed by atoms with Crippen LogP contribution in [0.15, 0.2) is 12.1 Å². The molecule has 6 heterocycles. The number of carbonyl (C=O) groups excluding carboxylic acids is 2. The minimum Gasteiger partial charge on any atom is -0.507 e. The van der Waals surface area contributed by atoms with Crippen molar-refractivity contribution in [2.24, 2.45) is 0 Å². The Morgan fingerprint density at radius 2 is 0.793 bits per heavy atom. The van der Waals surface area contributed by atoms with Crippen molar-refractivity contribution in [3.8, 4) is 23.0 Å². The van der Waals surface area contributed by atoms with Crippen LogP contribution in [0.3, 0.4) is 0 Å². The van der Waals surface area contributed by atoms with Crippen molar-refractivity contribution in [1.29, 1.82) is 0 Å². The summed E-state index contributed by atoms with van der Waals surface area (Å²) < 4.78 is 76.2. The number of aliphatic hydroxyl groups excluding tert-OH is 6. The number of hydrogen-bond donors (Lipinski definition) is 11. The monoisotopic (exact) mass is 1240 g/mol. The molecule has 0 aromatic heterocycles. The van der Waals surface area contributed by atoms with Gasteiger partial charge < -0.3 is 123 Å². The van der Waals surface area contributed by atoms with E-state index in [4.69, 9.17) is 56.8 Å². The molecule has 27 heteroatoms. The van der Waals surface area contributed by atoms with Crippen molar-refractivity contribution in [1.82, 2.24) is 9.80 Å². The molecule has 27 nitrogen and oxygen atoms in total. The fraction of sp³-hybridized carbons (Fsp3) is 0.767. The number of rotatable bonds is 15. The maximum atomic E-state index is 14.6. The first-order chi connectivity index (χ1) is 41.0. The van der Waals surface area contributed by atoms with Crippen LogP contribution in [0.2, 0.25) is 0 Å². The van der Waals surface area contributed by atoms with Crippen molar-refractivity contribution in [3.05, 3.63) is 45.5 Å². The molecular weight excluding hydrogens is 1150 g/mol. The van der Waals surface area contributed by atoms with Crippen LogP contribution >= 0.6 is 0 Å². The normalized spacial score (nSPS) is 43.5. The van der Waals surface area contributed by atoms with Gasteiger partial charge in [0, 0.05) is 68.2 Å². The van der Waals surface area contributed by atoms with Crippen molar-refractivity contribution in [3.63, 3.8) is 0 Å². The van der Waals surface area contributed by atoms with E-state index in [0.717, 1.165) is 12.1 Å². The van der Waals surface area contributed by atoms with Crippen LogP contribution in [-0.2, 0) is 56.8 Å². The van der Waals surface area contributed by atoms with Gasteiger partial charge in [0.25, 0.3) is 0 Å². The Hall–Kier alpha value is -3.86. The molecular formula is C60H88N2O25. The molecule has 0 spiro atoms. The molecule has 0 radical (unpaired) electrons. The summed E-state index contributed by atoms with van der Waals surface area (Å²) in [7, 11) is 7.29. The number of ether oxygens (including phenoxy) is 12. The highest BCUT2D eigenvalue weighted by Gasteiger charge is 2.56. The zero-order chi connectivity index (χ0) is 63.2. The molecule has 6 aliphatic heterocycles. The Morgan fingerprint density at radius 3 is 1.16 bits per heavy atom. The highest BCUT2D eigenvalue weighted by Crippen LogP contribution is 2.59. The maximum Gasteiger partial charge on any atom is 0.202 e. The number of aliphatic hydroxyl groups is 7. The molecule has 2 aromatic rings. The third kappa shape index (κ3) is 12.8. The predicted octanol–water partition coefficient (Wildman–Crippen LogP) is 1.32. The summed E-state index contributed by atoms with van der Waals surface area (Å²) >= 11 is 0. The molecule has 10 rings (SSSR count). The summed E-state index contributed by atoms with van der Waals surface area (Å²) in [5, 5.41) is 124. The molecule has 488 valence electrons. The summed E-state index contributed by atoms with van der Waals surface area (Å²) in [4.78, 5) is 33.0. The van der Waals surface area contributed by atoms with Crippen molar-refractivity contribution in [2.75, 3.05) is 28.2 Å². The number of carbonyl (C=O) groups is 2. The summed E-state index contributed by atoms with van der Waals surface area (Å²) in [6, 6.07) is 1.07. The highest BCUT2D eigenvalue weighted by molar-refractivity contribution is 6.32. The molecule has 6 saturated heterocycles. The lowest BCUT2D eigenvalue weighted by molar-refractivity contribution is -0.336. The van der Waals surface area contributed by atoms with Gasteiger partial charge in [-0.3, -0.25) is 9.59 Å². The van der Waals surface area contributed by atoms with E-state index in [0.29, 0.717) is 0 Å². The molecule has 87 heavy (non-hydrogen) atoms. The summed E-state index contributed by atoms with van der Waals surface area (Å²) in [5.41, 5.74) is -5.13. The predicted molar refractivity (Wildman–Crippen MR) is 298 cm³/mol. The lowest BCUT2D eigenvalue weighted by atomic mass is 9.70. The molecule has 8 aliphatic rings. The molecule has 6 fully saturated rings.